The Bertz CT molecular complexity index is 1260. The molecule has 5 amide bonds. The van der Waals surface area contributed by atoms with Gasteiger partial charge >= 0.3 is 18.1 Å². The number of hydrogen-bond acceptors (Lipinski definition) is 6. The van der Waals surface area contributed by atoms with Crippen LogP contribution in [0.15, 0.2) is 24.3 Å². The van der Waals surface area contributed by atoms with E-state index in [4.69, 9.17) is 4.74 Å². The van der Waals surface area contributed by atoms with E-state index in [1.807, 2.05) is 0 Å². The van der Waals surface area contributed by atoms with Gasteiger partial charge in [0.05, 0.1) is 13.2 Å². The third kappa shape index (κ3) is 7.79. The molecule has 2 aliphatic heterocycles. The number of morpholine rings is 1. The molecule has 15 heteroatoms. The number of amides is 5. The molecule has 2 heterocycles. The van der Waals surface area contributed by atoms with E-state index in [1.165, 1.54) is 38.1 Å². The molecule has 0 spiro atoms. The molecular weight excluding hydrogens is 607 g/mol. The monoisotopic (exact) mass is 646 g/mol. The van der Waals surface area contributed by atoms with Crippen molar-refractivity contribution < 1.29 is 50.7 Å². The number of ketones is 1. The Morgan fingerprint density at radius 2 is 1.44 bits per heavy atom. The van der Waals surface area contributed by atoms with E-state index < -0.39 is 65.7 Å². The van der Waals surface area contributed by atoms with E-state index in [2.05, 4.69) is 5.32 Å². The van der Waals surface area contributed by atoms with Crippen LogP contribution < -0.4 is 5.32 Å². The van der Waals surface area contributed by atoms with Gasteiger partial charge in [-0.2, -0.15) is 22.0 Å². The van der Waals surface area contributed by atoms with Crippen LogP contribution in [0.1, 0.15) is 68.2 Å². The molecule has 2 saturated heterocycles. The fourth-order valence-corrected chi connectivity index (χ4v) is 5.35. The van der Waals surface area contributed by atoms with Gasteiger partial charge in [-0.3, -0.25) is 24.1 Å². The maximum Gasteiger partial charge on any atom is 0.461 e. The second-order valence-corrected chi connectivity index (χ2v) is 12.0. The van der Waals surface area contributed by atoms with E-state index in [1.54, 1.807) is 11.8 Å². The van der Waals surface area contributed by atoms with E-state index >= 15 is 0 Å². The highest BCUT2D eigenvalue weighted by Gasteiger charge is 2.66. The van der Waals surface area contributed by atoms with E-state index in [-0.39, 0.29) is 22.9 Å². The van der Waals surface area contributed by atoms with Gasteiger partial charge in [0.1, 0.15) is 12.1 Å². The number of nitrogens with one attached hydrogen (secondary N) is 1. The highest BCUT2D eigenvalue weighted by Crippen LogP contribution is 2.39. The zero-order chi connectivity index (χ0) is 33.9. The summed E-state index contributed by atoms with van der Waals surface area (Å²) < 4.78 is 74.0. The van der Waals surface area contributed by atoms with Crippen LogP contribution in [0.4, 0.5) is 26.7 Å². The molecule has 1 N–H and O–H groups in total. The van der Waals surface area contributed by atoms with E-state index in [0.717, 1.165) is 18.7 Å². The molecule has 45 heavy (non-hydrogen) atoms. The number of hydrogen-bond donors (Lipinski definition) is 1. The molecule has 1 aromatic carbocycles. The minimum absolute atomic E-state index is 0.0121. The molecule has 3 atom stereocenters. The lowest BCUT2D eigenvalue weighted by molar-refractivity contribution is -0.270. The van der Waals surface area contributed by atoms with Gasteiger partial charge in [-0.1, -0.05) is 27.7 Å². The highest BCUT2D eigenvalue weighted by atomic mass is 19.4. The number of benzene rings is 1. The minimum atomic E-state index is -6.27. The van der Waals surface area contributed by atoms with Gasteiger partial charge in [0, 0.05) is 36.8 Å². The Morgan fingerprint density at radius 3 is 1.91 bits per heavy atom. The second-order valence-electron chi connectivity index (χ2n) is 12.0. The Balaban J connectivity index is 1.95. The van der Waals surface area contributed by atoms with Crippen molar-refractivity contribution in [3.05, 3.63) is 35.4 Å². The van der Waals surface area contributed by atoms with Crippen molar-refractivity contribution >= 4 is 29.5 Å². The van der Waals surface area contributed by atoms with Gasteiger partial charge in [-0.25, -0.2) is 4.79 Å². The second kappa shape index (κ2) is 14.2. The number of imide groups is 1. The van der Waals surface area contributed by atoms with Crippen LogP contribution in [-0.2, 0) is 14.3 Å². The summed E-state index contributed by atoms with van der Waals surface area (Å²) in [5.41, 5.74) is 0.309. The number of rotatable bonds is 9. The molecule has 3 rings (SSSR count). The number of carbonyl (C=O) groups is 5. The predicted molar refractivity (Wildman–Crippen MR) is 152 cm³/mol. The van der Waals surface area contributed by atoms with Crippen molar-refractivity contribution in [1.82, 2.24) is 20.0 Å². The topological polar surface area (TPSA) is 116 Å². The van der Waals surface area contributed by atoms with Gasteiger partial charge in [0.15, 0.2) is 0 Å². The van der Waals surface area contributed by atoms with Crippen LogP contribution in [-0.4, -0.2) is 107 Å². The molecule has 2 fully saturated rings. The number of urea groups is 1. The summed E-state index contributed by atoms with van der Waals surface area (Å²) >= 11 is 0. The first-order valence-electron chi connectivity index (χ1n) is 14.8. The van der Waals surface area contributed by atoms with Crippen LogP contribution >= 0.6 is 0 Å². The van der Waals surface area contributed by atoms with Crippen LogP contribution in [0.25, 0.3) is 0 Å². The van der Waals surface area contributed by atoms with Crippen molar-refractivity contribution in [2.75, 3.05) is 32.8 Å². The summed E-state index contributed by atoms with van der Waals surface area (Å²) in [6.07, 6.45) is -5.29. The molecule has 1 unspecified atom stereocenters. The van der Waals surface area contributed by atoms with Crippen molar-refractivity contribution in [2.24, 2.45) is 11.8 Å². The lowest BCUT2D eigenvalue weighted by Crippen LogP contribution is -2.64. The average molecular weight is 647 g/mol. The maximum absolute atomic E-state index is 14.4. The maximum atomic E-state index is 14.4. The largest absolute Gasteiger partial charge is 0.461 e. The summed E-state index contributed by atoms with van der Waals surface area (Å²) in [5.74, 6) is -13.0. The zero-order valence-electron chi connectivity index (χ0n) is 25.8. The lowest BCUT2D eigenvalue weighted by atomic mass is 9.92. The molecule has 0 saturated carbocycles. The van der Waals surface area contributed by atoms with Gasteiger partial charge in [0.25, 0.3) is 17.7 Å². The lowest BCUT2D eigenvalue weighted by Gasteiger charge is -2.39. The summed E-state index contributed by atoms with van der Waals surface area (Å²) in [6.45, 7) is 8.56. The van der Waals surface area contributed by atoms with Gasteiger partial charge < -0.3 is 19.9 Å². The summed E-state index contributed by atoms with van der Waals surface area (Å²) in [4.78, 5) is 69.5. The molecule has 10 nitrogen and oxygen atoms in total. The van der Waals surface area contributed by atoms with Crippen LogP contribution in [0.5, 0.6) is 0 Å². The number of likely N-dealkylation sites (tertiary alicyclic amines) is 1. The summed E-state index contributed by atoms with van der Waals surface area (Å²) in [6, 6.07) is -0.258. The predicted octanol–water partition coefficient (Wildman–Crippen LogP) is 4.14. The number of nitrogens with zero attached hydrogens (tertiary/aromatic N) is 3. The normalized spacial score (nSPS) is 19.0. The summed E-state index contributed by atoms with van der Waals surface area (Å²) in [7, 11) is 0. The molecule has 0 radical (unpaired) electrons. The first kappa shape index (κ1) is 35.9. The van der Waals surface area contributed by atoms with Gasteiger partial charge in [-0.05, 0) is 55.9 Å². The van der Waals surface area contributed by atoms with Gasteiger partial charge in [-0.15, -0.1) is 0 Å². The fourth-order valence-electron chi connectivity index (χ4n) is 5.35. The van der Waals surface area contributed by atoms with Gasteiger partial charge in [0.2, 0.25) is 5.78 Å². The first-order chi connectivity index (χ1) is 20.9. The van der Waals surface area contributed by atoms with Crippen LogP contribution in [0.2, 0.25) is 0 Å². The van der Waals surface area contributed by atoms with E-state index in [0.29, 0.717) is 44.7 Å². The van der Waals surface area contributed by atoms with E-state index in [9.17, 15) is 45.9 Å². The smallest absolute Gasteiger partial charge is 0.378 e. The fraction of sp³-hybridized carbons (Fsp3) is 0.633. The standard InChI is InChI=1S/C30H39F5N4O6/c1-17(2)22(36-25(41)20-8-10-21(11-9-20)26(42)37-13-15-45-16-14-37)27(43)39(28(44)38-12-6-7-19(38)5)23(18(3)4)24(40)29(31,32)30(33,34)35/h8-11,17-19,22-23H,6-7,12-16H2,1-5H3,(H,36,41)/t19-,22+,23?/m1/s1. The molecule has 0 aliphatic carbocycles. The van der Waals surface area contributed by atoms with Crippen molar-refractivity contribution in [2.45, 2.75) is 77.7 Å². The third-order valence-corrected chi connectivity index (χ3v) is 8.00. The first-order valence-corrected chi connectivity index (χ1v) is 14.8. The molecule has 1 aromatic rings. The summed E-state index contributed by atoms with van der Waals surface area (Å²) in [5, 5.41) is 2.45. The number of carbonyl (C=O) groups excluding carboxylic acids is 5. The Hall–Kier alpha value is -3.62. The Labute approximate surface area is 258 Å². The molecule has 0 aromatic heterocycles. The molecule has 250 valence electrons. The SMILES string of the molecule is CC(C)C(C(=O)C(F)(F)C(F)(F)F)N(C(=O)[C@@H](NC(=O)c1ccc(C(=O)N2CCOCC2)cc1)C(C)C)C(=O)N1CCC[C@H]1C. The van der Waals surface area contributed by atoms with Crippen LogP contribution in [0, 0.1) is 11.8 Å². The number of alkyl halides is 5. The van der Waals surface area contributed by atoms with Crippen molar-refractivity contribution in [3.8, 4) is 0 Å². The Morgan fingerprint density at radius 1 is 0.889 bits per heavy atom. The average Bonchev–Trinajstić information content (AvgIpc) is 3.42. The zero-order valence-corrected chi connectivity index (χ0v) is 25.8. The quantitative estimate of drug-likeness (QED) is 0.404. The van der Waals surface area contributed by atoms with Crippen LogP contribution in [0.3, 0.4) is 0 Å². The molecule has 2 aliphatic rings. The third-order valence-electron chi connectivity index (χ3n) is 8.00. The number of halogens is 5. The number of ether oxygens (including phenoxy) is 1. The van der Waals surface area contributed by atoms with Crippen molar-refractivity contribution in [1.29, 1.82) is 0 Å². The highest BCUT2D eigenvalue weighted by molar-refractivity contribution is 6.06. The minimum Gasteiger partial charge on any atom is -0.378 e. The molecule has 0 bridgehead atoms. The van der Waals surface area contributed by atoms with Crippen molar-refractivity contribution in [3.63, 3.8) is 0 Å². The number of Topliss-reactive ketones (excluding diaryl/α,β-unsaturated/α-hetero) is 1. The Kier molecular flexibility index (Phi) is 11.3. The molecular formula is C30H39F5N4O6.